The number of hydrogen-bond acceptors (Lipinski definition) is 10. The molecule has 6 N–H and O–H groups in total. The van der Waals surface area contributed by atoms with Crippen LogP contribution < -0.4 is 27.0 Å². The average Bonchev–Trinajstić information content (AvgIpc) is 3.28. The van der Waals surface area contributed by atoms with Crippen LogP contribution in [0.25, 0.3) is 0 Å². The zero-order valence-corrected chi connectivity index (χ0v) is 25.1. The van der Waals surface area contributed by atoms with Crippen LogP contribution in [0.5, 0.6) is 0 Å². The Morgan fingerprint density at radius 1 is 0.933 bits per heavy atom. The van der Waals surface area contributed by atoms with Crippen LogP contribution in [-0.4, -0.2) is 78.9 Å². The number of benzene rings is 1. The molecule has 1 aliphatic heterocycles. The van der Waals surface area contributed by atoms with Crippen LogP contribution in [0.15, 0.2) is 24.3 Å². The highest BCUT2D eigenvalue weighted by molar-refractivity contribution is 6.55. The van der Waals surface area contributed by atoms with E-state index in [2.05, 4.69) is 21.3 Å². The van der Waals surface area contributed by atoms with Gasteiger partial charge in [-0.1, -0.05) is 26.0 Å². The van der Waals surface area contributed by atoms with E-state index in [1.54, 1.807) is 38.1 Å². The molecule has 1 unspecified atom stereocenters. The highest BCUT2D eigenvalue weighted by atomic mass is 16.7. The van der Waals surface area contributed by atoms with Gasteiger partial charge in [0.2, 0.25) is 31.4 Å². The van der Waals surface area contributed by atoms with E-state index < -0.39 is 59.5 Å². The van der Waals surface area contributed by atoms with Gasteiger partial charge in [0.15, 0.2) is 0 Å². The molecule has 2 atom stereocenters. The van der Waals surface area contributed by atoms with Gasteiger partial charge in [-0.15, -0.1) is 5.06 Å². The number of ether oxygens (including phenoxy) is 1. The van der Waals surface area contributed by atoms with E-state index in [1.807, 2.05) is 0 Å². The molecule has 2 rings (SSSR count). The molecule has 1 aliphatic rings. The first kappa shape index (κ1) is 36.2. The summed E-state index contributed by atoms with van der Waals surface area (Å²) in [6.45, 7) is 3.49. The number of nitrogens with two attached hydrogens (primary N) is 1. The third-order valence-electron chi connectivity index (χ3n) is 6.45. The van der Waals surface area contributed by atoms with Gasteiger partial charge in [0.05, 0.1) is 0 Å². The Balaban J connectivity index is 1.97. The van der Waals surface area contributed by atoms with Crippen LogP contribution in [0, 0.1) is 5.92 Å². The van der Waals surface area contributed by atoms with E-state index >= 15 is 0 Å². The van der Waals surface area contributed by atoms with Gasteiger partial charge in [0, 0.05) is 37.9 Å². The van der Waals surface area contributed by atoms with Crippen LogP contribution >= 0.6 is 0 Å². The number of imide groups is 1. The predicted molar refractivity (Wildman–Crippen MR) is 158 cm³/mol. The molecule has 17 heteroatoms. The Bertz CT molecular complexity index is 1260. The number of urea groups is 1. The van der Waals surface area contributed by atoms with Gasteiger partial charge in [-0.2, -0.15) is 0 Å². The fourth-order valence-electron chi connectivity index (χ4n) is 4.10. The van der Waals surface area contributed by atoms with Crippen LogP contribution in [0.2, 0.25) is 0 Å². The summed E-state index contributed by atoms with van der Waals surface area (Å²) < 4.78 is 4.73. The van der Waals surface area contributed by atoms with Crippen molar-refractivity contribution in [1.29, 1.82) is 0 Å². The molecule has 0 aromatic heterocycles. The SMILES string of the molecule is [B]C(=O)OCc1ccc(NC(=O)[C@H](CCCNC(N)=O)NC(=O)C(NC(=O)CCCC(=O)ON2C(=O)CCC2=O)C(C)C)cc1. The van der Waals surface area contributed by atoms with Crippen molar-refractivity contribution >= 4 is 60.9 Å². The summed E-state index contributed by atoms with van der Waals surface area (Å²) in [7, 11) is 4.96. The molecule has 16 nitrogen and oxygen atoms in total. The molecular weight excluding hydrogens is 591 g/mol. The quantitative estimate of drug-likeness (QED) is 0.0898. The summed E-state index contributed by atoms with van der Waals surface area (Å²) in [6, 6.07) is 3.52. The molecule has 1 aromatic carbocycles. The second-order valence-corrected chi connectivity index (χ2v) is 10.5. The van der Waals surface area contributed by atoms with Crippen LogP contribution in [-0.2, 0) is 44.9 Å². The summed E-state index contributed by atoms with van der Waals surface area (Å²) in [5.74, 6) is -5.13. The Morgan fingerprint density at radius 3 is 2.16 bits per heavy atom. The van der Waals surface area contributed by atoms with Gasteiger partial charge in [0.1, 0.15) is 18.7 Å². The number of hydroxylamine groups is 2. The Hall–Kier alpha value is -4.96. The van der Waals surface area contributed by atoms with Crippen molar-refractivity contribution in [2.45, 2.75) is 77.5 Å². The van der Waals surface area contributed by atoms with Crippen molar-refractivity contribution in [1.82, 2.24) is 21.0 Å². The number of nitrogens with zero attached hydrogens (tertiary/aromatic N) is 1. The second kappa shape index (κ2) is 18.0. The Labute approximate surface area is 260 Å². The standard InChI is InChI=1S/C28H37BN6O10/c1-16(2)24(34-20(36)6-3-7-23(39)45-35-21(37)12-13-22(35)38)26(41)33-19(5-4-14-31-28(30)43)25(40)32-18-10-8-17(9-11-18)15-44-27(29)42/h8-11,16,19,24H,3-7,12-15H2,1-2H3,(H,32,40)(H,33,41)(H,34,36)(H3,30,31,43)/t19-,24?/m0/s1. The fourth-order valence-corrected chi connectivity index (χ4v) is 4.10. The molecule has 242 valence electrons. The van der Waals surface area contributed by atoms with Crippen LogP contribution in [0.3, 0.4) is 0 Å². The lowest BCUT2D eigenvalue weighted by molar-refractivity contribution is -0.197. The average molecular weight is 628 g/mol. The van der Waals surface area contributed by atoms with Crippen molar-refractivity contribution in [3.63, 3.8) is 0 Å². The first-order valence-corrected chi connectivity index (χ1v) is 14.3. The van der Waals surface area contributed by atoms with Gasteiger partial charge in [-0.3, -0.25) is 28.8 Å². The molecule has 0 aliphatic carbocycles. The monoisotopic (exact) mass is 628 g/mol. The summed E-state index contributed by atoms with van der Waals surface area (Å²) in [5.41, 5.74) is 6.11. The summed E-state index contributed by atoms with van der Waals surface area (Å²) in [4.78, 5) is 101. The molecule has 0 saturated carbocycles. The van der Waals surface area contributed by atoms with E-state index in [-0.39, 0.29) is 64.0 Å². The lowest BCUT2D eigenvalue weighted by Crippen LogP contribution is -2.54. The Kier molecular flexibility index (Phi) is 14.5. The molecule has 0 spiro atoms. The summed E-state index contributed by atoms with van der Waals surface area (Å²) in [5, 5.41) is 10.8. The maximum atomic E-state index is 13.2. The van der Waals surface area contributed by atoms with Crippen molar-refractivity contribution < 1.29 is 47.9 Å². The van der Waals surface area contributed by atoms with E-state index in [0.29, 0.717) is 16.3 Å². The van der Waals surface area contributed by atoms with Crippen LogP contribution in [0.1, 0.15) is 64.4 Å². The first-order valence-electron chi connectivity index (χ1n) is 14.3. The van der Waals surface area contributed by atoms with Gasteiger partial charge in [-0.05, 0) is 42.9 Å². The number of hydrogen-bond donors (Lipinski definition) is 5. The molecule has 2 radical (unpaired) electrons. The number of anilines is 1. The van der Waals surface area contributed by atoms with Crippen molar-refractivity contribution in [2.24, 2.45) is 11.7 Å². The molecule has 0 bridgehead atoms. The maximum Gasteiger partial charge on any atom is 0.333 e. The summed E-state index contributed by atoms with van der Waals surface area (Å²) in [6.07, 6.45) is -0.0520. The third-order valence-corrected chi connectivity index (χ3v) is 6.45. The fraction of sp³-hybridized carbons (Fsp3) is 0.500. The number of amides is 7. The number of carbonyl (C=O) groups excluding carboxylic acids is 8. The lowest BCUT2D eigenvalue weighted by atomic mass is 10.0. The van der Waals surface area contributed by atoms with Gasteiger partial charge in [-0.25, -0.2) is 9.59 Å². The van der Waals surface area contributed by atoms with Crippen molar-refractivity contribution in [2.75, 3.05) is 11.9 Å². The van der Waals surface area contributed by atoms with Crippen LogP contribution in [0.4, 0.5) is 15.3 Å². The molecular formula is C28H37BN6O10. The molecule has 1 fully saturated rings. The zero-order chi connectivity index (χ0) is 33.5. The minimum absolute atomic E-state index is 0.0264. The Morgan fingerprint density at radius 2 is 1.58 bits per heavy atom. The molecule has 45 heavy (non-hydrogen) atoms. The van der Waals surface area contributed by atoms with E-state index in [4.69, 9.17) is 23.2 Å². The first-order chi connectivity index (χ1) is 21.3. The van der Waals surface area contributed by atoms with E-state index in [0.717, 1.165) is 0 Å². The molecule has 7 amide bonds. The van der Waals surface area contributed by atoms with E-state index in [1.165, 1.54) is 0 Å². The number of carbonyl (C=O) groups is 8. The predicted octanol–water partition coefficient (Wildman–Crippen LogP) is 0.282. The van der Waals surface area contributed by atoms with Gasteiger partial charge < -0.3 is 36.6 Å². The molecule has 1 heterocycles. The zero-order valence-electron chi connectivity index (χ0n) is 25.1. The maximum absolute atomic E-state index is 13.2. The highest BCUT2D eigenvalue weighted by Crippen LogP contribution is 2.14. The van der Waals surface area contributed by atoms with Gasteiger partial charge in [0.25, 0.3) is 11.8 Å². The van der Waals surface area contributed by atoms with Crippen molar-refractivity contribution in [3.05, 3.63) is 29.8 Å². The van der Waals surface area contributed by atoms with Gasteiger partial charge >= 0.3 is 12.0 Å². The number of rotatable bonds is 17. The number of nitrogens with one attached hydrogen (secondary N) is 4. The minimum atomic E-state index is -1.06. The minimum Gasteiger partial charge on any atom is -0.470 e. The third kappa shape index (κ3) is 13.1. The molecule has 1 saturated heterocycles. The second-order valence-electron chi connectivity index (χ2n) is 10.5. The van der Waals surface area contributed by atoms with Crippen molar-refractivity contribution in [3.8, 4) is 0 Å². The topological polar surface area (TPSA) is 232 Å². The lowest BCUT2D eigenvalue weighted by Gasteiger charge is -2.25. The van der Waals surface area contributed by atoms with E-state index in [9.17, 15) is 38.4 Å². The number of primary amides is 1. The smallest absolute Gasteiger partial charge is 0.333 e. The normalized spacial score (nSPS) is 13.9. The summed E-state index contributed by atoms with van der Waals surface area (Å²) >= 11 is 0. The largest absolute Gasteiger partial charge is 0.470 e. The highest BCUT2D eigenvalue weighted by Gasteiger charge is 2.33. The molecule has 1 aromatic rings.